The molecule has 0 bridgehead atoms. The van der Waals surface area contributed by atoms with Crippen LogP contribution in [0.15, 0.2) is 36.4 Å². The molecule has 0 N–H and O–H groups in total. The molecule has 108 valence electrons. The molecule has 0 amide bonds. The van der Waals surface area contributed by atoms with E-state index >= 15 is 0 Å². The highest BCUT2D eigenvalue weighted by atomic mass is 16.1. The zero-order valence-electron chi connectivity index (χ0n) is 12.3. The van der Waals surface area contributed by atoms with Crippen molar-refractivity contribution in [2.24, 2.45) is 22.7 Å². The summed E-state index contributed by atoms with van der Waals surface area (Å²) < 4.78 is 0. The van der Waals surface area contributed by atoms with Crippen LogP contribution in [0.5, 0.6) is 0 Å². The first-order valence-electron chi connectivity index (χ1n) is 8.29. The van der Waals surface area contributed by atoms with Crippen LogP contribution in [0.1, 0.15) is 46.4 Å². The van der Waals surface area contributed by atoms with E-state index < -0.39 is 0 Å². The number of fused-ring (bicyclic) bond motifs is 6. The monoisotopic (exact) mass is 288 g/mol. The molecule has 3 fully saturated rings. The number of rotatable bonds is 0. The molecule has 22 heavy (non-hydrogen) atoms. The minimum Gasteiger partial charge on any atom is -0.294 e. The molecule has 0 saturated heterocycles. The number of hydrogen-bond donors (Lipinski definition) is 0. The first kappa shape index (κ1) is 11.6. The Hall–Kier alpha value is -1.96. The van der Waals surface area contributed by atoms with Crippen molar-refractivity contribution in [3.63, 3.8) is 0 Å². The summed E-state index contributed by atoms with van der Waals surface area (Å²) in [7, 11) is 0. The van der Waals surface area contributed by atoms with Crippen LogP contribution in [0.25, 0.3) is 10.8 Å². The molecule has 4 aliphatic rings. The summed E-state index contributed by atoms with van der Waals surface area (Å²) >= 11 is 0. The van der Waals surface area contributed by atoms with E-state index in [9.17, 15) is 9.59 Å². The molecular weight excluding hydrogens is 272 g/mol. The van der Waals surface area contributed by atoms with Crippen molar-refractivity contribution in [1.82, 2.24) is 0 Å². The van der Waals surface area contributed by atoms with Gasteiger partial charge in [0.1, 0.15) is 0 Å². The van der Waals surface area contributed by atoms with Gasteiger partial charge in [-0.15, -0.1) is 0 Å². The first-order valence-corrected chi connectivity index (χ1v) is 8.29. The summed E-state index contributed by atoms with van der Waals surface area (Å²) in [5.74, 6) is 0.494. The Labute approximate surface area is 128 Å². The van der Waals surface area contributed by atoms with Gasteiger partial charge >= 0.3 is 0 Å². The van der Waals surface area contributed by atoms with Gasteiger partial charge in [-0.2, -0.15) is 0 Å². The molecule has 0 radical (unpaired) electrons. The van der Waals surface area contributed by atoms with Gasteiger partial charge in [0, 0.05) is 23.0 Å². The minimum absolute atomic E-state index is 0.00355. The van der Waals surface area contributed by atoms with Gasteiger partial charge in [0.25, 0.3) is 0 Å². The molecule has 2 nitrogen and oxygen atoms in total. The summed E-state index contributed by atoms with van der Waals surface area (Å²) in [5, 5.41) is 2.12. The molecule has 6 rings (SSSR count). The Bertz CT molecular complexity index is 825. The topological polar surface area (TPSA) is 34.1 Å². The van der Waals surface area contributed by atoms with E-state index in [4.69, 9.17) is 0 Å². The molecule has 2 unspecified atom stereocenters. The number of benzene rings is 2. The molecule has 4 aliphatic carbocycles. The lowest BCUT2D eigenvalue weighted by Gasteiger charge is -2.55. The lowest BCUT2D eigenvalue weighted by atomic mass is 9.45. The van der Waals surface area contributed by atoms with E-state index in [1.165, 1.54) is 0 Å². The number of ketones is 2. The van der Waals surface area contributed by atoms with Gasteiger partial charge in [0.05, 0.1) is 0 Å². The van der Waals surface area contributed by atoms with Crippen molar-refractivity contribution in [2.75, 3.05) is 0 Å². The smallest absolute Gasteiger partial charge is 0.168 e. The van der Waals surface area contributed by atoms with E-state index in [0.29, 0.717) is 11.1 Å². The molecule has 2 spiro atoms. The second-order valence-electron chi connectivity index (χ2n) is 7.74. The number of hydrogen-bond acceptors (Lipinski definition) is 2. The molecule has 2 atom stereocenters. The fourth-order valence-corrected chi connectivity index (χ4v) is 5.84. The standard InChI is InChI=1S/C20H16O2/c21-17-13-9-11-3-1-2-4-12(11)10-14(13)18(22)16-15(17)19(5-6-19)20(16)7-8-20/h1-4,9-10,15-16H,5-8H2. The fourth-order valence-electron chi connectivity index (χ4n) is 5.84. The van der Waals surface area contributed by atoms with Gasteiger partial charge < -0.3 is 0 Å². The highest BCUT2D eigenvalue weighted by Gasteiger charge is 2.84. The van der Waals surface area contributed by atoms with Crippen molar-refractivity contribution in [2.45, 2.75) is 25.7 Å². The summed E-state index contributed by atoms with van der Waals surface area (Å²) in [4.78, 5) is 26.2. The second kappa shape index (κ2) is 3.19. The van der Waals surface area contributed by atoms with Crippen molar-refractivity contribution >= 4 is 22.3 Å². The average Bonchev–Trinajstić information content (AvgIpc) is 3.40. The maximum atomic E-state index is 13.1. The number of carbonyl (C=O) groups is 2. The van der Waals surface area contributed by atoms with Gasteiger partial charge in [0.2, 0.25) is 0 Å². The Kier molecular flexibility index (Phi) is 1.68. The minimum atomic E-state index is -0.00355. The molecule has 0 aromatic heterocycles. The van der Waals surface area contributed by atoms with Crippen LogP contribution in [0.2, 0.25) is 0 Å². The molecule has 0 heterocycles. The number of carbonyl (C=O) groups excluding carboxylic acids is 2. The van der Waals surface area contributed by atoms with E-state index in [2.05, 4.69) is 0 Å². The summed E-state index contributed by atoms with van der Waals surface area (Å²) in [6, 6.07) is 11.9. The van der Waals surface area contributed by atoms with Crippen LogP contribution in [0, 0.1) is 22.7 Å². The largest absolute Gasteiger partial charge is 0.294 e. The van der Waals surface area contributed by atoms with Gasteiger partial charge in [-0.1, -0.05) is 24.3 Å². The van der Waals surface area contributed by atoms with Crippen LogP contribution < -0.4 is 0 Å². The third kappa shape index (κ3) is 1.01. The van der Waals surface area contributed by atoms with E-state index in [0.717, 1.165) is 36.5 Å². The van der Waals surface area contributed by atoms with Crippen LogP contribution >= 0.6 is 0 Å². The second-order valence-corrected chi connectivity index (χ2v) is 7.74. The van der Waals surface area contributed by atoms with E-state index in [1.54, 1.807) is 0 Å². The molecule has 2 aromatic rings. The third-order valence-electron chi connectivity index (χ3n) is 7.07. The zero-order valence-corrected chi connectivity index (χ0v) is 12.3. The van der Waals surface area contributed by atoms with Crippen molar-refractivity contribution in [3.8, 4) is 0 Å². The summed E-state index contributed by atoms with van der Waals surface area (Å²) in [6.07, 6.45) is 4.65. The Balaban J connectivity index is 1.62. The van der Waals surface area contributed by atoms with E-state index in [1.807, 2.05) is 36.4 Å². The Morgan fingerprint density at radius 1 is 0.727 bits per heavy atom. The van der Waals surface area contributed by atoms with Crippen molar-refractivity contribution < 1.29 is 9.59 Å². The summed E-state index contributed by atoms with van der Waals surface area (Å²) in [6.45, 7) is 0. The summed E-state index contributed by atoms with van der Waals surface area (Å²) in [5.41, 5.74) is 1.81. The zero-order chi connectivity index (χ0) is 14.7. The highest BCUT2D eigenvalue weighted by Crippen LogP contribution is 2.87. The first-order chi connectivity index (χ1) is 10.7. The molecule has 0 aliphatic heterocycles. The lowest BCUT2D eigenvalue weighted by Crippen LogP contribution is -2.60. The average molecular weight is 288 g/mol. The Morgan fingerprint density at radius 2 is 1.14 bits per heavy atom. The van der Waals surface area contributed by atoms with Crippen LogP contribution in [0.3, 0.4) is 0 Å². The van der Waals surface area contributed by atoms with Gasteiger partial charge in [-0.3, -0.25) is 9.59 Å². The third-order valence-corrected chi connectivity index (χ3v) is 7.07. The SMILES string of the molecule is O=C1c2cc3ccccc3cc2C(=O)C2C1C1(CC1)C21CC1. The quantitative estimate of drug-likeness (QED) is 0.733. The maximum Gasteiger partial charge on any atom is 0.168 e. The van der Waals surface area contributed by atoms with Crippen LogP contribution in [0.4, 0.5) is 0 Å². The fraction of sp³-hybridized carbons (Fsp3) is 0.400. The molecule has 3 saturated carbocycles. The molecular formula is C20H16O2. The van der Waals surface area contributed by atoms with Crippen LogP contribution in [-0.4, -0.2) is 11.6 Å². The van der Waals surface area contributed by atoms with Gasteiger partial charge in [-0.25, -0.2) is 0 Å². The normalized spacial score (nSPS) is 31.8. The molecule has 2 heteroatoms. The van der Waals surface area contributed by atoms with Crippen molar-refractivity contribution in [1.29, 1.82) is 0 Å². The number of Topliss-reactive ketones (excluding diaryl/α,β-unsaturated/α-hetero) is 2. The molecule has 2 aromatic carbocycles. The van der Waals surface area contributed by atoms with Gasteiger partial charge in [-0.05, 0) is 59.4 Å². The predicted molar refractivity (Wildman–Crippen MR) is 82.9 cm³/mol. The van der Waals surface area contributed by atoms with E-state index in [-0.39, 0.29) is 34.2 Å². The lowest BCUT2D eigenvalue weighted by molar-refractivity contribution is -0.0370. The maximum absolute atomic E-state index is 13.1. The Morgan fingerprint density at radius 3 is 1.50 bits per heavy atom. The van der Waals surface area contributed by atoms with Crippen molar-refractivity contribution in [3.05, 3.63) is 47.5 Å². The van der Waals surface area contributed by atoms with Crippen LogP contribution in [-0.2, 0) is 0 Å². The van der Waals surface area contributed by atoms with Gasteiger partial charge in [0.15, 0.2) is 11.6 Å². The predicted octanol–water partition coefficient (Wildman–Crippen LogP) is 4.03. The highest BCUT2D eigenvalue weighted by molar-refractivity contribution is 6.20.